The summed E-state index contributed by atoms with van der Waals surface area (Å²) in [7, 11) is -3.88. The first-order chi connectivity index (χ1) is 7.99. The van der Waals surface area contributed by atoms with Crippen LogP contribution < -0.4 is 5.32 Å². The molecule has 1 atom stereocenters. The highest BCUT2D eigenvalue weighted by Crippen LogP contribution is 2.10. The first-order valence-electron chi connectivity index (χ1n) is 5.38. The highest BCUT2D eigenvalue weighted by Gasteiger charge is 2.07. The number of hydrogen-bond acceptors (Lipinski definition) is 4. The number of aliphatic hydroxyl groups excluding tert-OH is 1. The second kappa shape index (κ2) is 6.70. The Labute approximate surface area is 101 Å². The molecule has 0 aliphatic rings. The number of rotatable bonds is 7. The first kappa shape index (κ1) is 14.1. The maximum Gasteiger partial charge on any atom is 0.264 e. The topological polar surface area (TPSA) is 86.6 Å². The third kappa shape index (κ3) is 6.38. The fourth-order valence-corrected chi connectivity index (χ4v) is 1.92. The molecule has 0 saturated carbocycles. The molecule has 0 aromatic heterocycles. The van der Waals surface area contributed by atoms with E-state index in [-0.39, 0.29) is 5.75 Å². The maximum absolute atomic E-state index is 10.4. The Kier molecular flexibility index (Phi) is 5.57. The summed E-state index contributed by atoms with van der Waals surface area (Å²) in [5.41, 5.74) is 0.815. The van der Waals surface area contributed by atoms with Crippen LogP contribution >= 0.6 is 0 Å². The summed E-state index contributed by atoms with van der Waals surface area (Å²) >= 11 is 0. The molecule has 1 aromatic rings. The summed E-state index contributed by atoms with van der Waals surface area (Å²) in [6.07, 6.45) is -0.290. The highest BCUT2D eigenvalue weighted by atomic mass is 32.2. The standard InChI is InChI=1S/C11H17NO4S/c13-11(10-5-2-1-3-6-10)9-12-7-4-8-17(14,15)16/h1-3,5-6,11-13H,4,7-9H2,(H,14,15,16)/t11-/m1/s1. The van der Waals surface area contributed by atoms with Crippen LogP contribution in [-0.2, 0) is 10.1 Å². The summed E-state index contributed by atoms with van der Waals surface area (Å²) in [5.74, 6) is -0.262. The van der Waals surface area contributed by atoms with Gasteiger partial charge in [0.1, 0.15) is 0 Å². The molecule has 0 aliphatic heterocycles. The normalized spacial score (nSPS) is 13.5. The summed E-state index contributed by atoms with van der Waals surface area (Å²) in [5, 5.41) is 12.7. The van der Waals surface area contributed by atoms with Crippen molar-refractivity contribution in [2.24, 2.45) is 0 Å². The minimum Gasteiger partial charge on any atom is -0.387 e. The zero-order valence-corrected chi connectivity index (χ0v) is 10.2. The van der Waals surface area contributed by atoms with Gasteiger partial charge in [-0.3, -0.25) is 4.55 Å². The summed E-state index contributed by atoms with van der Waals surface area (Å²) in [6, 6.07) is 9.21. The lowest BCUT2D eigenvalue weighted by Crippen LogP contribution is -2.24. The van der Waals surface area contributed by atoms with E-state index in [9.17, 15) is 13.5 Å². The van der Waals surface area contributed by atoms with Crippen LogP contribution in [0.15, 0.2) is 30.3 Å². The van der Waals surface area contributed by atoms with E-state index >= 15 is 0 Å². The van der Waals surface area contributed by atoms with E-state index in [2.05, 4.69) is 5.32 Å². The van der Waals surface area contributed by atoms with Gasteiger partial charge in [0.05, 0.1) is 11.9 Å². The van der Waals surface area contributed by atoms with Gasteiger partial charge in [0.2, 0.25) is 0 Å². The fraction of sp³-hybridized carbons (Fsp3) is 0.455. The number of benzene rings is 1. The zero-order chi connectivity index (χ0) is 12.7. The van der Waals surface area contributed by atoms with Crippen molar-refractivity contribution in [3.8, 4) is 0 Å². The van der Waals surface area contributed by atoms with Crippen molar-refractivity contribution in [2.45, 2.75) is 12.5 Å². The predicted octanol–water partition coefficient (Wildman–Crippen LogP) is 0.588. The maximum atomic E-state index is 10.4. The molecule has 0 radical (unpaired) electrons. The van der Waals surface area contributed by atoms with Crippen LogP contribution in [0.25, 0.3) is 0 Å². The molecule has 0 aliphatic carbocycles. The lowest BCUT2D eigenvalue weighted by molar-refractivity contribution is 0.175. The molecule has 96 valence electrons. The van der Waals surface area contributed by atoms with Crippen LogP contribution in [0.2, 0.25) is 0 Å². The van der Waals surface area contributed by atoms with E-state index in [4.69, 9.17) is 4.55 Å². The van der Waals surface area contributed by atoms with Gasteiger partial charge in [0.15, 0.2) is 0 Å². The molecule has 5 nitrogen and oxygen atoms in total. The van der Waals surface area contributed by atoms with Gasteiger partial charge in [-0.2, -0.15) is 8.42 Å². The van der Waals surface area contributed by atoms with Crippen molar-refractivity contribution >= 4 is 10.1 Å². The SMILES string of the molecule is O=S(=O)(O)CCCNC[C@@H](O)c1ccccc1. The van der Waals surface area contributed by atoms with E-state index in [0.29, 0.717) is 19.5 Å². The molecule has 0 saturated heterocycles. The van der Waals surface area contributed by atoms with Gasteiger partial charge in [0.25, 0.3) is 10.1 Å². The van der Waals surface area contributed by atoms with Crippen molar-refractivity contribution < 1.29 is 18.1 Å². The minimum atomic E-state index is -3.88. The van der Waals surface area contributed by atoms with E-state index in [1.807, 2.05) is 30.3 Å². The van der Waals surface area contributed by atoms with Gasteiger partial charge in [-0.05, 0) is 18.5 Å². The average molecular weight is 259 g/mol. The van der Waals surface area contributed by atoms with Gasteiger partial charge < -0.3 is 10.4 Å². The number of hydrogen-bond donors (Lipinski definition) is 3. The van der Waals surface area contributed by atoms with Crippen molar-refractivity contribution in [3.05, 3.63) is 35.9 Å². The third-order valence-corrected chi connectivity index (χ3v) is 3.08. The molecule has 0 fully saturated rings. The average Bonchev–Trinajstić information content (AvgIpc) is 2.28. The molecule has 1 aromatic carbocycles. The molecule has 3 N–H and O–H groups in total. The van der Waals surface area contributed by atoms with Crippen LogP contribution in [0.4, 0.5) is 0 Å². The minimum absolute atomic E-state index is 0.262. The lowest BCUT2D eigenvalue weighted by atomic mass is 10.1. The molecular formula is C11H17NO4S. The van der Waals surface area contributed by atoms with Gasteiger partial charge in [-0.25, -0.2) is 0 Å². The molecule has 0 unspecified atom stereocenters. The van der Waals surface area contributed by atoms with Crippen LogP contribution in [-0.4, -0.2) is 36.9 Å². The summed E-state index contributed by atoms with van der Waals surface area (Å²) in [4.78, 5) is 0. The molecule has 0 amide bonds. The Morgan fingerprint density at radius 3 is 2.47 bits per heavy atom. The van der Waals surface area contributed by atoms with Gasteiger partial charge in [-0.1, -0.05) is 30.3 Å². The molecule has 0 spiro atoms. The number of nitrogens with one attached hydrogen (secondary N) is 1. The van der Waals surface area contributed by atoms with E-state index in [1.54, 1.807) is 0 Å². The molecular weight excluding hydrogens is 242 g/mol. The lowest BCUT2D eigenvalue weighted by Gasteiger charge is -2.11. The third-order valence-electron chi connectivity index (χ3n) is 2.28. The second-order valence-electron chi connectivity index (χ2n) is 3.77. The van der Waals surface area contributed by atoms with E-state index in [1.165, 1.54) is 0 Å². The van der Waals surface area contributed by atoms with Crippen LogP contribution in [0.1, 0.15) is 18.1 Å². The van der Waals surface area contributed by atoms with Crippen LogP contribution in [0.5, 0.6) is 0 Å². The molecule has 1 rings (SSSR count). The molecule has 6 heteroatoms. The van der Waals surface area contributed by atoms with Gasteiger partial charge >= 0.3 is 0 Å². The number of aliphatic hydroxyl groups is 1. The Bertz CT molecular complexity index is 418. The predicted molar refractivity (Wildman–Crippen MR) is 65.3 cm³/mol. The van der Waals surface area contributed by atoms with Crippen molar-refractivity contribution in [1.82, 2.24) is 5.32 Å². The van der Waals surface area contributed by atoms with Gasteiger partial charge in [-0.15, -0.1) is 0 Å². The highest BCUT2D eigenvalue weighted by molar-refractivity contribution is 7.85. The summed E-state index contributed by atoms with van der Waals surface area (Å²) < 4.78 is 29.4. The quantitative estimate of drug-likeness (QED) is 0.493. The fourth-order valence-electron chi connectivity index (χ4n) is 1.41. The molecule has 0 bridgehead atoms. The van der Waals surface area contributed by atoms with E-state index in [0.717, 1.165) is 5.56 Å². The van der Waals surface area contributed by atoms with Crippen molar-refractivity contribution in [1.29, 1.82) is 0 Å². The summed E-state index contributed by atoms with van der Waals surface area (Å²) in [6.45, 7) is 0.791. The monoisotopic (exact) mass is 259 g/mol. The Hall–Kier alpha value is -0.950. The zero-order valence-electron chi connectivity index (χ0n) is 9.41. The van der Waals surface area contributed by atoms with Crippen molar-refractivity contribution in [2.75, 3.05) is 18.8 Å². The molecule has 17 heavy (non-hydrogen) atoms. The Morgan fingerprint density at radius 2 is 1.88 bits per heavy atom. The second-order valence-corrected chi connectivity index (χ2v) is 5.34. The smallest absolute Gasteiger partial charge is 0.264 e. The molecule has 0 heterocycles. The Morgan fingerprint density at radius 1 is 1.24 bits per heavy atom. The van der Waals surface area contributed by atoms with Crippen molar-refractivity contribution in [3.63, 3.8) is 0 Å². The van der Waals surface area contributed by atoms with E-state index < -0.39 is 16.2 Å². The van der Waals surface area contributed by atoms with Crippen LogP contribution in [0.3, 0.4) is 0 Å². The Balaban J connectivity index is 2.19. The van der Waals surface area contributed by atoms with Gasteiger partial charge in [0, 0.05) is 6.54 Å². The van der Waals surface area contributed by atoms with Crippen LogP contribution in [0, 0.1) is 0 Å². The first-order valence-corrected chi connectivity index (χ1v) is 6.99. The largest absolute Gasteiger partial charge is 0.387 e.